The highest BCUT2D eigenvalue weighted by Gasteiger charge is 2.39. The molecule has 0 unspecified atom stereocenters. The van der Waals surface area contributed by atoms with Gasteiger partial charge in [0.25, 0.3) is 0 Å². The molecule has 17 heavy (non-hydrogen) atoms. The zero-order valence-corrected chi connectivity index (χ0v) is 11.3. The third kappa shape index (κ3) is 4.68. The van der Waals surface area contributed by atoms with Crippen LogP contribution in [0.3, 0.4) is 0 Å². The van der Waals surface area contributed by atoms with Crippen LogP contribution in [-0.2, 0) is 9.53 Å². The van der Waals surface area contributed by atoms with E-state index in [1.165, 1.54) is 0 Å². The van der Waals surface area contributed by atoms with Gasteiger partial charge in [0.1, 0.15) is 5.60 Å². The molecule has 5 nitrogen and oxygen atoms in total. The Kier molecular flexibility index (Phi) is 4.45. The van der Waals surface area contributed by atoms with E-state index in [0.29, 0.717) is 0 Å². The lowest BCUT2D eigenvalue weighted by atomic mass is 9.93. The third-order valence-corrected chi connectivity index (χ3v) is 2.75. The van der Waals surface area contributed by atoms with Crippen LogP contribution in [0.2, 0.25) is 0 Å². The first-order valence-electron chi connectivity index (χ1n) is 5.61. The molecule has 1 fully saturated rings. The fourth-order valence-electron chi connectivity index (χ4n) is 1.88. The normalized spacial score (nSPS) is 23.4. The van der Waals surface area contributed by atoms with Crippen LogP contribution in [0.5, 0.6) is 0 Å². The molecule has 3 N–H and O–H groups in total. The number of carbonyl (C=O) groups excluding carboxylic acids is 1. The Hall–Kier alpha value is -1.17. The summed E-state index contributed by atoms with van der Waals surface area (Å²) in [7, 11) is 0. The predicted molar refractivity (Wildman–Crippen MR) is 70.5 cm³/mol. The van der Waals surface area contributed by atoms with Gasteiger partial charge in [-0.15, -0.1) is 0 Å². The Labute approximate surface area is 107 Å². The van der Waals surface area contributed by atoms with E-state index < -0.39 is 0 Å². The van der Waals surface area contributed by atoms with Gasteiger partial charge in [0, 0.05) is 5.71 Å². The maximum atomic E-state index is 11.6. The van der Waals surface area contributed by atoms with Crippen molar-refractivity contribution in [1.82, 2.24) is 5.43 Å². The number of nitrogens with one attached hydrogen (secondary N) is 1. The zero-order chi connectivity index (χ0) is 13.1. The quantitative estimate of drug-likeness (QED) is 0.344. The summed E-state index contributed by atoms with van der Waals surface area (Å²) in [6.45, 7) is 5.73. The van der Waals surface area contributed by atoms with Gasteiger partial charge in [-0.3, -0.25) is 10.2 Å². The van der Waals surface area contributed by atoms with Gasteiger partial charge >= 0.3 is 5.97 Å². The minimum atomic E-state index is -0.329. The number of nitrogens with zero attached hydrogens (tertiary/aromatic N) is 1. The molecule has 0 amide bonds. The van der Waals surface area contributed by atoms with Crippen LogP contribution in [0.25, 0.3) is 0 Å². The minimum absolute atomic E-state index is 0.0278. The SMILES string of the molecule is C/C(CC[C@@H]1CC(C)(C)OC1=O)=N/NC(N)=S. The number of ether oxygens (including phenoxy) is 1. The lowest BCUT2D eigenvalue weighted by Gasteiger charge is -2.14. The molecule has 96 valence electrons. The average Bonchev–Trinajstić information content (AvgIpc) is 2.45. The monoisotopic (exact) mass is 257 g/mol. The number of carbonyl (C=O) groups is 1. The highest BCUT2D eigenvalue weighted by atomic mass is 32.1. The van der Waals surface area contributed by atoms with Crippen LogP contribution in [0.4, 0.5) is 0 Å². The van der Waals surface area contributed by atoms with Gasteiger partial charge < -0.3 is 10.5 Å². The first-order chi connectivity index (χ1) is 7.80. The molecule has 0 bridgehead atoms. The Morgan fingerprint density at radius 2 is 2.35 bits per heavy atom. The van der Waals surface area contributed by atoms with Gasteiger partial charge in [0.15, 0.2) is 5.11 Å². The zero-order valence-electron chi connectivity index (χ0n) is 10.4. The summed E-state index contributed by atoms with van der Waals surface area (Å²) in [5, 5.41) is 4.14. The van der Waals surface area contributed by atoms with E-state index in [-0.39, 0.29) is 22.6 Å². The number of nitrogens with two attached hydrogens (primary N) is 1. The number of rotatable bonds is 4. The van der Waals surface area contributed by atoms with Crippen LogP contribution in [-0.4, -0.2) is 22.4 Å². The van der Waals surface area contributed by atoms with Crippen molar-refractivity contribution in [3.8, 4) is 0 Å². The number of hydrazone groups is 1. The molecule has 0 saturated carbocycles. The number of hydrogen-bond donors (Lipinski definition) is 2. The molecule has 1 aliphatic heterocycles. The summed E-state index contributed by atoms with van der Waals surface area (Å²) >= 11 is 4.64. The molecular formula is C11H19N3O2S. The number of esters is 1. The lowest BCUT2D eigenvalue weighted by molar-refractivity contribution is -0.148. The Morgan fingerprint density at radius 3 is 2.82 bits per heavy atom. The van der Waals surface area contributed by atoms with Crippen LogP contribution in [0.1, 0.15) is 40.0 Å². The van der Waals surface area contributed by atoms with E-state index in [2.05, 4.69) is 22.7 Å². The summed E-state index contributed by atoms with van der Waals surface area (Å²) in [4.78, 5) is 11.6. The van der Waals surface area contributed by atoms with Crippen molar-refractivity contribution in [3.05, 3.63) is 0 Å². The standard InChI is InChI=1S/C11H19N3O2S/c1-7(13-14-10(12)17)4-5-8-6-11(2,3)16-9(8)15/h8H,4-6H2,1-3H3,(H3,12,14,17)/b13-7-/t8-/m1/s1. The molecule has 1 aliphatic rings. The predicted octanol–water partition coefficient (Wildman–Crippen LogP) is 1.32. The Bertz CT molecular complexity index is 353. The number of thiocarbonyl (C=S) groups is 1. The summed E-state index contributed by atoms with van der Waals surface area (Å²) in [6, 6.07) is 0. The highest BCUT2D eigenvalue weighted by molar-refractivity contribution is 7.80. The van der Waals surface area contributed by atoms with E-state index in [1.54, 1.807) is 0 Å². The lowest BCUT2D eigenvalue weighted by Crippen LogP contribution is -2.25. The molecular weight excluding hydrogens is 238 g/mol. The van der Waals surface area contributed by atoms with Gasteiger partial charge in [-0.1, -0.05) is 0 Å². The van der Waals surface area contributed by atoms with E-state index >= 15 is 0 Å². The third-order valence-electron chi connectivity index (χ3n) is 2.66. The van der Waals surface area contributed by atoms with Gasteiger partial charge in [0.2, 0.25) is 0 Å². The van der Waals surface area contributed by atoms with Crippen LogP contribution in [0.15, 0.2) is 5.10 Å². The first-order valence-corrected chi connectivity index (χ1v) is 6.02. The van der Waals surface area contributed by atoms with Crippen molar-refractivity contribution in [3.63, 3.8) is 0 Å². The molecule has 0 aromatic carbocycles. The molecule has 1 atom stereocenters. The molecule has 1 rings (SSSR count). The van der Waals surface area contributed by atoms with E-state index in [4.69, 9.17) is 10.5 Å². The molecule has 0 spiro atoms. The number of cyclic esters (lactones) is 1. The van der Waals surface area contributed by atoms with E-state index in [1.807, 2.05) is 20.8 Å². The molecule has 1 saturated heterocycles. The molecule has 0 aromatic rings. The van der Waals surface area contributed by atoms with Crippen molar-refractivity contribution in [2.24, 2.45) is 16.8 Å². The van der Waals surface area contributed by atoms with Gasteiger partial charge in [-0.2, -0.15) is 5.10 Å². The van der Waals surface area contributed by atoms with Gasteiger partial charge in [-0.25, -0.2) is 0 Å². The highest BCUT2D eigenvalue weighted by Crippen LogP contribution is 2.32. The van der Waals surface area contributed by atoms with Crippen LogP contribution in [0, 0.1) is 5.92 Å². The molecule has 6 heteroatoms. The molecule has 0 aliphatic carbocycles. The molecule has 0 aromatic heterocycles. The van der Waals surface area contributed by atoms with Crippen molar-refractivity contribution in [1.29, 1.82) is 0 Å². The van der Waals surface area contributed by atoms with E-state index in [9.17, 15) is 4.79 Å². The van der Waals surface area contributed by atoms with Crippen LogP contribution < -0.4 is 11.2 Å². The Balaban J connectivity index is 2.39. The summed E-state index contributed by atoms with van der Waals surface area (Å²) in [5.74, 6) is -0.134. The Morgan fingerprint density at radius 1 is 1.71 bits per heavy atom. The summed E-state index contributed by atoms with van der Waals surface area (Å²) in [6.07, 6.45) is 2.24. The number of hydrogen-bond acceptors (Lipinski definition) is 4. The van der Waals surface area contributed by atoms with Crippen molar-refractivity contribution >= 4 is 29.0 Å². The topological polar surface area (TPSA) is 76.7 Å². The van der Waals surface area contributed by atoms with Crippen molar-refractivity contribution in [2.75, 3.05) is 0 Å². The second kappa shape index (κ2) is 5.44. The van der Waals surface area contributed by atoms with Crippen molar-refractivity contribution < 1.29 is 9.53 Å². The summed E-state index contributed by atoms with van der Waals surface area (Å²) < 4.78 is 5.26. The second-order valence-electron chi connectivity index (χ2n) is 4.94. The summed E-state index contributed by atoms with van der Waals surface area (Å²) in [5.41, 5.74) is 8.33. The molecule has 1 heterocycles. The maximum absolute atomic E-state index is 11.6. The van der Waals surface area contributed by atoms with Gasteiger partial charge in [0.05, 0.1) is 5.92 Å². The van der Waals surface area contributed by atoms with Crippen molar-refractivity contribution in [2.45, 2.75) is 45.6 Å². The average molecular weight is 257 g/mol. The van der Waals surface area contributed by atoms with Crippen LogP contribution >= 0.6 is 12.2 Å². The minimum Gasteiger partial charge on any atom is -0.459 e. The van der Waals surface area contributed by atoms with E-state index in [0.717, 1.165) is 25.0 Å². The fourth-order valence-corrected chi connectivity index (χ4v) is 1.93. The fraction of sp³-hybridized carbons (Fsp3) is 0.727. The largest absolute Gasteiger partial charge is 0.459 e. The van der Waals surface area contributed by atoms with Gasteiger partial charge in [-0.05, 0) is 52.3 Å². The molecule has 0 radical (unpaired) electrons. The first kappa shape index (κ1) is 13.9. The second-order valence-corrected chi connectivity index (χ2v) is 5.38. The maximum Gasteiger partial charge on any atom is 0.309 e. The smallest absolute Gasteiger partial charge is 0.309 e.